The van der Waals surface area contributed by atoms with Gasteiger partial charge in [-0.2, -0.15) is 11.8 Å². The zero-order chi connectivity index (χ0) is 15.2. The fourth-order valence-corrected chi connectivity index (χ4v) is 2.43. The Bertz CT molecular complexity index is 631. The van der Waals surface area contributed by atoms with Crippen LogP contribution in [0.4, 0.5) is 11.5 Å². The standard InChI is InChI=1S/C15H16ClN3OS/c1-21-7-6-10-2-4-12(5-3-10)19-15-13(16)8-11(9-18-15)14(17)20/h2-5,8-9H,6-7H2,1H3,(H2,17,20)(H,18,19). The number of halogens is 1. The number of aryl methyl sites for hydroxylation is 1. The van der Waals surface area contributed by atoms with Crippen LogP contribution in [0.25, 0.3) is 0 Å². The highest BCUT2D eigenvalue weighted by molar-refractivity contribution is 7.98. The summed E-state index contributed by atoms with van der Waals surface area (Å²) < 4.78 is 0. The fraction of sp³-hybridized carbons (Fsp3) is 0.200. The summed E-state index contributed by atoms with van der Waals surface area (Å²) in [6, 6.07) is 9.62. The van der Waals surface area contributed by atoms with E-state index in [9.17, 15) is 4.79 Å². The number of carbonyl (C=O) groups is 1. The number of anilines is 2. The van der Waals surface area contributed by atoms with Crippen LogP contribution in [0.15, 0.2) is 36.5 Å². The van der Waals surface area contributed by atoms with Gasteiger partial charge < -0.3 is 11.1 Å². The molecule has 0 spiro atoms. The molecule has 0 fully saturated rings. The van der Waals surface area contributed by atoms with Crippen LogP contribution >= 0.6 is 23.4 Å². The molecule has 110 valence electrons. The van der Waals surface area contributed by atoms with Crippen LogP contribution in [0.3, 0.4) is 0 Å². The van der Waals surface area contributed by atoms with Gasteiger partial charge in [0.1, 0.15) is 5.82 Å². The van der Waals surface area contributed by atoms with Gasteiger partial charge in [0.25, 0.3) is 0 Å². The van der Waals surface area contributed by atoms with Crippen LogP contribution in [0, 0.1) is 0 Å². The van der Waals surface area contributed by atoms with E-state index >= 15 is 0 Å². The first-order valence-corrected chi connectivity index (χ1v) is 8.17. The van der Waals surface area contributed by atoms with Gasteiger partial charge in [-0.25, -0.2) is 4.98 Å². The first-order valence-electron chi connectivity index (χ1n) is 6.40. The van der Waals surface area contributed by atoms with Gasteiger partial charge >= 0.3 is 0 Å². The molecule has 1 aromatic carbocycles. The van der Waals surface area contributed by atoms with Crippen molar-refractivity contribution in [1.82, 2.24) is 4.98 Å². The maximum atomic E-state index is 11.0. The Hall–Kier alpha value is -1.72. The number of amides is 1. The van der Waals surface area contributed by atoms with Gasteiger partial charge in [0.15, 0.2) is 0 Å². The molecule has 1 heterocycles. The Morgan fingerprint density at radius 1 is 1.38 bits per heavy atom. The highest BCUT2D eigenvalue weighted by Gasteiger charge is 2.07. The van der Waals surface area contributed by atoms with Gasteiger partial charge in [-0.3, -0.25) is 4.79 Å². The van der Waals surface area contributed by atoms with Gasteiger partial charge in [-0.05, 0) is 42.2 Å². The molecule has 2 rings (SSSR count). The molecule has 2 aromatic rings. The molecule has 1 aromatic heterocycles. The molecular formula is C15H16ClN3OS. The summed E-state index contributed by atoms with van der Waals surface area (Å²) in [5.74, 6) is 1.06. The van der Waals surface area contributed by atoms with Crippen molar-refractivity contribution in [2.45, 2.75) is 6.42 Å². The van der Waals surface area contributed by atoms with E-state index in [0.717, 1.165) is 17.9 Å². The Balaban J connectivity index is 2.09. The van der Waals surface area contributed by atoms with Crippen molar-refractivity contribution >= 4 is 40.8 Å². The van der Waals surface area contributed by atoms with Crippen molar-refractivity contribution in [3.63, 3.8) is 0 Å². The Morgan fingerprint density at radius 2 is 2.10 bits per heavy atom. The SMILES string of the molecule is CSCCc1ccc(Nc2ncc(C(N)=O)cc2Cl)cc1. The average molecular weight is 322 g/mol. The first kappa shape index (κ1) is 15.7. The molecule has 0 saturated heterocycles. The van der Waals surface area contributed by atoms with E-state index in [2.05, 4.69) is 28.7 Å². The number of carbonyl (C=O) groups excluding carboxylic acids is 1. The number of pyridine rings is 1. The van der Waals surface area contributed by atoms with Gasteiger partial charge in [-0.15, -0.1) is 0 Å². The molecule has 0 atom stereocenters. The Labute approximate surface area is 133 Å². The highest BCUT2D eigenvalue weighted by Crippen LogP contribution is 2.24. The number of nitrogens with zero attached hydrogens (tertiary/aromatic N) is 1. The number of aromatic nitrogens is 1. The number of nitrogens with two attached hydrogens (primary N) is 1. The number of nitrogens with one attached hydrogen (secondary N) is 1. The lowest BCUT2D eigenvalue weighted by Crippen LogP contribution is -2.11. The number of hydrogen-bond donors (Lipinski definition) is 2. The molecule has 0 aliphatic heterocycles. The lowest BCUT2D eigenvalue weighted by atomic mass is 10.1. The molecule has 0 aliphatic rings. The quantitative estimate of drug-likeness (QED) is 0.854. The van der Waals surface area contributed by atoms with Crippen LogP contribution in [-0.2, 0) is 6.42 Å². The summed E-state index contributed by atoms with van der Waals surface area (Å²) >= 11 is 7.92. The minimum atomic E-state index is -0.547. The van der Waals surface area contributed by atoms with Crippen molar-refractivity contribution in [2.75, 3.05) is 17.3 Å². The Kier molecular flexibility index (Phi) is 5.47. The molecule has 21 heavy (non-hydrogen) atoms. The Morgan fingerprint density at radius 3 is 2.67 bits per heavy atom. The van der Waals surface area contributed by atoms with Gasteiger partial charge in [0, 0.05) is 11.9 Å². The van der Waals surface area contributed by atoms with Gasteiger partial charge in [0.05, 0.1) is 10.6 Å². The zero-order valence-corrected chi connectivity index (χ0v) is 13.2. The predicted octanol–water partition coefficient (Wildman–Crippen LogP) is 3.48. The minimum absolute atomic E-state index is 0.290. The van der Waals surface area contributed by atoms with Crippen molar-refractivity contribution in [1.29, 1.82) is 0 Å². The second kappa shape index (κ2) is 7.33. The summed E-state index contributed by atoms with van der Waals surface area (Å²) in [6.07, 6.45) is 4.55. The van der Waals surface area contributed by atoms with E-state index in [4.69, 9.17) is 17.3 Å². The summed E-state index contributed by atoms with van der Waals surface area (Å²) in [5, 5.41) is 3.48. The van der Waals surface area contributed by atoms with Crippen LogP contribution in [0.2, 0.25) is 5.02 Å². The topological polar surface area (TPSA) is 68.0 Å². The maximum absolute atomic E-state index is 11.0. The van der Waals surface area contributed by atoms with E-state index < -0.39 is 5.91 Å². The molecule has 6 heteroatoms. The average Bonchev–Trinajstić information content (AvgIpc) is 2.48. The van der Waals surface area contributed by atoms with E-state index in [0.29, 0.717) is 10.8 Å². The van der Waals surface area contributed by atoms with Crippen LogP contribution in [0.1, 0.15) is 15.9 Å². The number of primary amides is 1. The second-order valence-corrected chi connectivity index (χ2v) is 5.88. The molecule has 0 radical (unpaired) electrons. The summed E-state index contributed by atoms with van der Waals surface area (Å²) in [4.78, 5) is 15.2. The first-order chi connectivity index (χ1) is 10.1. The molecule has 4 nitrogen and oxygen atoms in total. The van der Waals surface area contributed by atoms with Gasteiger partial charge in [0.2, 0.25) is 5.91 Å². The van der Waals surface area contributed by atoms with Crippen molar-refractivity contribution in [3.8, 4) is 0 Å². The van der Waals surface area contributed by atoms with Crippen molar-refractivity contribution < 1.29 is 4.79 Å². The number of thioether (sulfide) groups is 1. The maximum Gasteiger partial charge on any atom is 0.250 e. The number of benzene rings is 1. The van der Waals surface area contributed by atoms with E-state index in [1.54, 1.807) is 0 Å². The van der Waals surface area contributed by atoms with Crippen LogP contribution in [0.5, 0.6) is 0 Å². The molecule has 0 aliphatic carbocycles. The van der Waals surface area contributed by atoms with Gasteiger partial charge in [-0.1, -0.05) is 23.7 Å². The summed E-state index contributed by atoms with van der Waals surface area (Å²) in [5.41, 5.74) is 7.65. The lowest BCUT2D eigenvalue weighted by Gasteiger charge is -2.09. The highest BCUT2D eigenvalue weighted by atomic mass is 35.5. The molecule has 0 saturated carbocycles. The zero-order valence-electron chi connectivity index (χ0n) is 11.6. The van der Waals surface area contributed by atoms with Crippen LogP contribution in [-0.4, -0.2) is 22.9 Å². The largest absolute Gasteiger partial charge is 0.366 e. The molecule has 1 amide bonds. The summed E-state index contributed by atoms with van der Waals surface area (Å²) in [6.45, 7) is 0. The van der Waals surface area contributed by atoms with E-state index in [1.165, 1.54) is 17.8 Å². The lowest BCUT2D eigenvalue weighted by molar-refractivity contribution is 0.1000. The third-order valence-corrected chi connectivity index (χ3v) is 3.84. The van der Waals surface area contributed by atoms with Crippen LogP contribution < -0.4 is 11.1 Å². The minimum Gasteiger partial charge on any atom is -0.366 e. The van der Waals surface area contributed by atoms with E-state index in [1.807, 2.05) is 23.9 Å². The smallest absolute Gasteiger partial charge is 0.250 e. The molecule has 0 unspecified atom stereocenters. The normalized spacial score (nSPS) is 10.4. The fourth-order valence-electron chi connectivity index (χ4n) is 1.78. The summed E-state index contributed by atoms with van der Waals surface area (Å²) in [7, 11) is 0. The second-order valence-electron chi connectivity index (χ2n) is 4.48. The number of rotatable bonds is 6. The monoisotopic (exact) mass is 321 g/mol. The van der Waals surface area contributed by atoms with Crippen molar-refractivity contribution in [2.24, 2.45) is 5.73 Å². The predicted molar refractivity (Wildman–Crippen MR) is 89.6 cm³/mol. The third kappa shape index (κ3) is 4.37. The van der Waals surface area contributed by atoms with E-state index in [-0.39, 0.29) is 5.56 Å². The molecule has 0 bridgehead atoms. The molecule has 3 N–H and O–H groups in total. The van der Waals surface area contributed by atoms with Crippen molar-refractivity contribution in [3.05, 3.63) is 52.7 Å². The third-order valence-electron chi connectivity index (χ3n) is 2.94. The number of hydrogen-bond acceptors (Lipinski definition) is 4. The molecular weight excluding hydrogens is 306 g/mol.